The molecule has 0 bridgehead atoms. The molecule has 46 heavy (non-hydrogen) atoms. The molecular formula is C41H30N4Pt. The number of hydrogen-bond acceptors (Lipinski definition) is 2. The van der Waals surface area contributed by atoms with E-state index in [4.69, 9.17) is 10.1 Å². The largest absolute Gasteiger partial charge is 2.00 e. The monoisotopic (exact) mass is 773 g/mol. The molecule has 8 rings (SSSR count). The van der Waals surface area contributed by atoms with E-state index in [1.807, 2.05) is 29.9 Å². The molecule has 8 aromatic rings. The van der Waals surface area contributed by atoms with E-state index in [0.29, 0.717) is 0 Å². The molecule has 0 atom stereocenters. The van der Waals surface area contributed by atoms with Crippen molar-refractivity contribution in [2.45, 2.75) is 19.3 Å². The number of hydrogen-bond donors (Lipinski definition) is 0. The minimum Gasteiger partial charge on any atom is -0.319 e. The third kappa shape index (κ3) is 4.73. The maximum Gasteiger partial charge on any atom is 2.00 e. The van der Waals surface area contributed by atoms with Crippen LogP contribution >= 0.6 is 0 Å². The van der Waals surface area contributed by atoms with Gasteiger partial charge in [0.2, 0.25) is 0 Å². The molecule has 0 aliphatic carbocycles. The summed E-state index contributed by atoms with van der Waals surface area (Å²) >= 11 is 0. The number of benzene rings is 5. The van der Waals surface area contributed by atoms with Crippen molar-refractivity contribution in [3.05, 3.63) is 191 Å². The Bertz CT molecular complexity index is 2250. The molecular weight excluding hydrogens is 744 g/mol. The topological polar surface area (TPSA) is 35.6 Å². The van der Waals surface area contributed by atoms with E-state index in [1.165, 1.54) is 5.39 Å². The Morgan fingerprint density at radius 2 is 1.28 bits per heavy atom. The fourth-order valence-corrected chi connectivity index (χ4v) is 6.82. The number of fused-ring (bicyclic) bond motifs is 3. The molecule has 0 aliphatic rings. The Morgan fingerprint density at radius 3 is 1.96 bits per heavy atom. The molecule has 0 saturated heterocycles. The van der Waals surface area contributed by atoms with Crippen LogP contribution in [0.4, 0.5) is 0 Å². The fourth-order valence-electron chi connectivity index (χ4n) is 6.82. The Balaban J connectivity index is 0.00000338. The zero-order chi connectivity index (χ0) is 30.4. The third-order valence-corrected chi connectivity index (χ3v) is 8.70. The molecule has 224 valence electrons. The third-order valence-electron chi connectivity index (χ3n) is 8.70. The van der Waals surface area contributed by atoms with E-state index in [1.54, 1.807) is 0 Å². The smallest absolute Gasteiger partial charge is 0.319 e. The van der Waals surface area contributed by atoms with Gasteiger partial charge in [-0.25, -0.2) is 4.98 Å². The van der Waals surface area contributed by atoms with Crippen molar-refractivity contribution in [2.75, 3.05) is 0 Å². The van der Waals surface area contributed by atoms with Crippen molar-refractivity contribution in [2.24, 2.45) is 0 Å². The predicted octanol–water partition coefficient (Wildman–Crippen LogP) is 8.96. The number of rotatable bonds is 6. The van der Waals surface area contributed by atoms with Gasteiger partial charge in [0, 0.05) is 22.8 Å². The second kappa shape index (κ2) is 12.0. The van der Waals surface area contributed by atoms with Gasteiger partial charge < -0.3 is 4.57 Å². The average molecular weight is 774 g/mol. The van der Waals surface area contributed by atoms with E-state index in [9.17, 15) is 0 Å². The first-order valence-corrected chi connectivity index (χ1v) is 15.2. The number of pyridine rings is 1. The van der Waals surface area contributed by atoms with Crippen LogP contribution in [0.25, 0.3) is 33.3 Å². The van der Waals surface area contributed by atoms with Crippen molar-refractivity contribution < 1.29 is 21.1 Å². The van der Waals surface area contributed by atoms with Gasteiger partial charge in [0.15, 0.2) is 0 Å². The minimum absolute atomic E-state index is 0. The molecule has 0 saturated carbocycles. The Hall–Kier alpha value is -5.05. The summed E-state index contributed by atoms with van der Waals surface area (Å²) in [5, 5.41) is 7.10. The molecule has 5 heteroatoms. The van der Waals surface area contributed by atoms with Crippen LogP contribution in [0.3, 0.4) is 0 Å². The molecule has 3 heterocycles. The molecule has 0 amide bonds. The summed E-state index contributed by atoms with van der Waals surface area (Å²) in [5.74, 6) is 0.861. The standard InChI is InChI=1S/C41H30N4.Pt/c1-29-26-30(2)45(43-29)35-19-13-18-33(27-35)41(31-14-5-3-6-15-31,32-16-7-4-8-17-32)34-23-24-37-36-20-9-10-21-38(36)44(39(37)28-34)40-22-11-12-25-42-40;/h3-26H,1-2H3;/q-2;+2. The van der Waals surface area contributed by atoms with Gasteiger partial charge in [-0.1, -0.05) is 90.4 Å². The average Bonchev–Trinajstić information content (AvgIpc) is 3.62. The van der Waals surface area contributed by atoms with Crippen LogP contribution in [0.1, 0.15) is 33.6 Å². The van der Waals surface area contributed by atoms with Crippen molar-refractivity contribution >= 4 is 21.8 Å². The van der Waals surface area contributed by atoms with E-state index < -0.39 is 5.41 Å². The minimum atomic E-state index is -0.728. The van der Waals surface area contributed by atoms with E-state index in [2.05, 4.69) is 151 Å². The maximum atomic E-state index is 4.80. The van der Waals surface area contributed by atoms with Gasteiger partial charge in [-0.2, -0.15) is 41.5 Å². The van der Waals surface area contributed by atoms with Crippen LogP contribution in [0.2, 0.25) is 0 Å². The van der Waals surface area contributed by atoms with E-state index in [-0.39, 0.29) is 21.1 Å². The number of para-hydroxylation sites is 1. The van der Waals surface area contributed by atoms with E-state index >= 15 is 0 Å². The molecule has 0 aliphatic heterocycles. The summed E-state index contributed by atoms with van der Waals surface area (Å²) in [5.41, 5.74) is 8.61. The Labute approximate surface area is 283 Å². The SMILES string of the molecule is Cc1cc(C)n(-c2[c-]c(C(c3[c-]c4c(cc3)c3ccccc3n4-c3ccccn3)(c3ccccc3)c3ccccc3)ccc2)n1.[Pt+2]. The van der Waals surface area contributed by atoms with Crippen molar-refractivity contribution in [3.8, 4) is 11.5 Å². The number of aromatic nitrogens is 4. The molecule has 0 N–H and O–H groups in total. The normalized spacial score (nSPS) is 11.5. The summed E-state index contributed by atoms with van der Waals surface area (Å²) in [6.45, 7) is 4.11. The zero-order valence-corrected chi connectivity index (χ0v) is 27.7. The summed E-state index contributed by atoms with van der Waals surface area (Å²) in [4.78, 5) is 4.77. The molecule has 0 unspecified atom stereocenters. The van der Waals surface area contributed by atoms with Crippen molar-refractivity contribution in [1.82, 2.24) is 19.3 Å². The van der Waals surface area contributed by atoms with E-state index in [0.717, 1.165) is 61.6 Å². The van der Waals surface area contributed by atoms with Gasteiger partial charge in [0.1, 0.15) is 5.82 Å². The van der Waals surface area contributed by atoms with Gasteiger partial charge in [0.05, 0.1) is 5.69 Å². The second-order valence-corrected chi connectivity index (χ2v) is 11.4. The van der Waals surface area contributed by atoms with Crippen molar-refractivity contribution in [3.63, 3.8) is 0 Å². The van der Waals surface area contributed by atoms with Gasteiger partial charge in [-0.15, -0.1) is 22.6 Å². The second-order valence-electron chi connectivity index (χ2n) is 11.4. The Morgan fingerprint density at radius 1 is 0.609 bits per heavy atom. The van der Waals surface area contributed by atoms with Gasteiger partial charge in [-0.05, 0) is 60.3 Å². The maximum absolute atomic E-state index is 4.80. The van der Waals surface area contributed by atoms with Gasteiger partial charge >= 0.3 is 21.1 Å². The number of aryl methyl sites for hydroxylation is 2. The first-order valence-electron chi connectivity index (χ1n) is 15.2. The predicted molar refractivity (Wildman–Crippen MR) is 181 cm³/mol. The summed E-state index contributed by atoms with van der Waals surface area (Å²) < 4.78 is 4.20. The molecule has 4 nitrogen and oxygen atoms in total. The van der Waals surface area contributed by atoms with Crippen LogP contribution in [0, 0.1) is 26.0 Å². The molecule has 0 radical (unpaired) electrons. The van der Waals surface area contributed by atoms with Crippen LogP contribution in [-0.4, -0.2) is 19.3 Å². The first-order chi connectivity index (χ1) is 22.1. The van der Waals surface area contributed by atoms with Crippen LogP contribution in [0.5, 0.6) is 0 Å². The quantitative estimate of drug-likeness (QED) is 0.125. The van der Waals surface area contributed by atoms with Crippen LogP contribution < -0.4 is 0 Å². The zero-order valence-electron chi connectivity index (χ0n) is 25.5. The molecule has 5 aromatic carbocycles. The molecule has 0 spiro atoms. The molecule has 0 fully saturated rings. The Kier molecular flexibility index (Phi) is 7.76. The number of nitrogens with zero attached hydrogens (tertiary/aromatic N) is 4. The fraction of sp³-hybridized carbons (Fsp3) is 0.0732. The summed E-state index contributed by atoms with van der Waals surface area (Å²) in [7, 11) is 0. The first kappa shape index (κ1) is 29.6. The van der Waals surface area contributed by atoms with Crippen LogP contribution in [-0.2, 0) is 26.5 Å². The summed E-state index contributed by atoms with van der Waals surface area (Å²) in [6, 6.07) is 56.8. The van der Waals surface area contributed by atoms with Crippen LogP contribution in [0.15, 0.2) is 146 Å². The van der Waals surface area contributed by atoms with Gasteiger partial charge in [-0.3, -0.25) is 4.68 Å². The molecule has 3 aromatic heterocycles. The van der Waals surface area contributed by atoms with Crippen molar-refractivity contribution in [1.29, 1.82) is 0 Å². The summed E-state index contributed by atoms with van der Waals surface area (Å²) in [6.07, 6.45) is 1.84. The van der Waals surface area contributed by atoms with Gasteiger partial charge in [0.25, 0.3) is 0 Å².